The van der Waals surface area contributed by atoms with E-state index >= 15 is 0 Å². The second-order valence-electron chi connectivity index (χ2n) is 7.69. The molecule has 1 aromatic carbocycles. The van der Waals surface area contributed by atoms with E-state index in [1.165, 1.54) is 12.1 Å². The van der Waals surface area contributed by atoms with Crippen molar-refractivity contribution in [3.05, 3.63) is 35.6 Å². The fraction of sp³-hybridized carbons (Fsp3) is 0.632. The predicted octanol–water partition coefficient (Wildman–Crippen LogP) is 2.70. The van der Waals surface area contributed by atoms with Gasteiger partial charge in [0.05, 0.1) is 12.1 Å². The van der Waals surface area contributed by atoms with Crippen LogP contribution in [0.4, 0.5) is 4.39 Å². The molecule has 0 aromatic heterocycles. The van der Waals surface area contributed by atoms with Crippen LogP contribution in [0.25, 0.3) is 0 Å². The Balaban J connectivity index is 1.89. The summed E-state index contributed by atoms with van der Waals surface area (Å²) in [5.41, 5.74) is 0.884. The molecule has 1 fully saturated rings. The minimum atomic E-state index is -0.377. The lowest BCUT2D eigenvalue weighted by atomic mass is 9.87. The Bertz CT molecular complexity index is 543. The second-order valence-corrected chi connectivity index (χ2v) is 7.69. The van der Waals surface area contributed by atoms with Crippen LogP contribution >= 0.6 is 0 Å². The van der Waals surface area contributed by atoms with E-state index in [1.54, 1.807) is 19.1 Å². The minimum Gasteiger partial charge on any atom is -0.393 e. The summed E-state index contributed by atoms with van der Waals surface area (Å²) in [6, 6.07) is 6.33. The molecule has 1 amide bonds. The summed E-state index contributed by atoms with van der Waals surface area (Å²) in [6.07, 6.45) is 2.12. The fourth-order valence-electron chi connectivity index (χ4n) is 3.45. The van der Waals surface area contributed by atoms with Gasteiger partial charge in [-0.05, 0) is 55.8 Å². The Kier molecular flexibility index (Phi) is 6.35. The summed E-state index contributed by atoms with van der Waals surface area (Å²) in [7, 11) is 0. The molecule has 0 spiro atoms. The maximum Gasteiger partial charge on any atom is 0.237 e. The van der Waals surface area contributed by atoms with E-state index in [0.29, 0.717) is 19.5 Å². The van der Waals surface area contributed by atoms with E-state index in [2.05, 4.69) is 10.2 Å². The Labute approximate surface area is 144 Å². The minimum absolute atomic E-state index is 0.0493. The van der Waals surface area contributed by atoms with Crippen LogP contribution in [-0.4, -0.2) is 41.1 Å². The molecule has 1 aliphatic rings. The maximum atomic E-state index is 13.0. The van der Waals surface area contributed by atoms with E-state index in [0.717, 1.165) is 24.9 Å². The van der Waals surface area contributed by atoms with Crippen molar-refractivity contribution in [1.82, 2.24) is 10.2 Å². The highest BCUT2D eigenvalue weighted by atomic mass is 19.1. The molecule has 1 saturated heterocycles. The molecular formula is C19H29FN2O2. The van der Waals surface area contributed by atoms with Crippen molar-refractivity contribution in [2.24, 2.45) is 5.41 Å². The lowest BCUT2D eigenvalue weighted by Gasteiger charge is -2.29. The molecule has 0 aliphatic carbocycles. The van der Waals surface area contributed by atoms with E-state index in [9.17, 15) is 14.3 Å². The van der Waals surface area contributed by atoms with Crippen molar-refractivity contribution < 1.29 is 14.3 Å². The molecular weight excluding hydrogens is 307 g/mol. The highest BCUT2D eigenvalue weighted by Gasteiger charge is 2.31. The number of rotatable bonds is 7. The van der Waals surface area contributed by atoms with E-state index in [4.69, 9.17) is 0 Å². The highest BCUT2D eigenvalue weighted by molar-refractivity contribution is 5.82. The third-order valence-corrected chi connectivity index (χ3v) is 4.55. The molecule has 4 nitrogen and oxygen atoms in total. The molecule has 2 N–H and O–H groups in total. The topological polar surface area (TPSA) is 52.6 Å². The average Bonchev–Trinajstić information content (AvgIpc) is 2.94. The van der Waals surface area contributed by atoms with Crippen molar-refractivity contribution in [2.45, 2.75) is 58.7 Å². The molecule has 2 atom stereocenters. The monoisotopic (exact) mass is 336 g/mol. The lowest BCUT2D eigenvalue weighted by Crippen LogP contribution is -2.46. The van der Waals surface area contributed by atoms with E-state index in [-0.39, 0.29) is 29.3 Å². The van der Waals surface area contributed by atoms with Gasteiger partial charge in [0.15, 0.2) is 0 Å². The van der Waals surface area contributed by atoms with Crippen LogP contribution in [0.15, 0.2) is 24.3 Å². The highest BCUT2D eigenvalue weighted by Crippen LogP contribution is 2.23. The van der Waals surface area contributed by atoms with Gasteiger partial charge in [0.2, 0.25) is 5.91 Å². The normalized spacial score (nSPS) is 20.1. The standard InChI is InChI=1S/C19H29FN2O2/c1-14(23)11-19(2,3)13-21-18(24)17-5-4-10-22(17)12-15-6-8-16(20)9-7-15/h6-9,14,17,23H,4-5,10-13H2,1-3H3,(H,21,24). The number of aliphatic hydroxyl groups is 1. The molecule has 1 aliphatic heterocycles. The molecule has 2 rings (SSSR count). The zero-order valence-corrected chi connectivity index (χ0v) is 14.9. The first-order valence-electron chi connectivity index (χ1n) is 8.71. The number of likely N-dealkylation sites (tertiary alicyclic amines) is 1. The summed E-state index contributed by atoms with van der Waals surface area (Å²) >= 11 is 0. The lowest BCUT2D eigenvalue weighted by molar-refractivity contribution is -0.126. The molecule has 2 unspecified atom stereocenters. The zero-order chi connectivity index (χ0) is 17.7. The summed E-state index contributed by atoms with van der Waals surface area (Å²) in [4.78, 5) is 14.7. The summed E-state index contributed by atoms with van der Waals surface area (Å²) in [5.74, 6) is -0.192. The number of nitrogens with one attached hydrogen (secondary N) is 1. The van der Waals surface area contributed by atoms with Crippen LogP contribution in [0.5, 0.6) is 0 Å². The Morgan fingerprint density at radius 1 is 1.42 bits per heavy atom. The summed E-state index contributed by atoms with van der Waals surface area (Å²) in [6.45, 7) is 7.96. The van der Waals surface area contributed by atoms with Gasteiger partial charge in [0, 0.05) is 13.1 Å². The molecule has 134 valence electrons. The number of carbonyl (C=O) groups excluding carboxylic acids is 1. The van der Waals surface area contributed by atoms with Crippen molar-refractivity contribution in [1.29, 1.82) is 0 Å². The van der Waals surface area contributed by atoms with Gasteiger partial charge in [-0.25, -0.2) is 4.39 Å². The first-order valence-corrected chi connectivity index (χ1v) is 8.71. The fourth-order valence-corrected chi connectivity index (χ4v) is 3.45. The maximum absolute atomic E-state index is 13.0. The smallest absolute Gasteiger partial charge is 0.237 e. The van der Waals surface area contributed by atoms with Gasteiger partial charge in [0.1, 0.15) is 5.82 Å². The number of halogens is 1. The third-order valence-electron chi connectivity index (χ3n) is 4.55. The summed E-state index contributed by atoms with van der Waals surface area (Å²) < 4.78 is 13.0. The Morgan fingerprint density at radius 3 is 2.71 bits per heavy atom. The van der Waals surface area contributed by atoms with Crippen LogP contribution in [0.2, 0.25) is 0 Å². The number of hydrogen-bond acceptors (Lipinski definition) is 3. The van der Waals surface area contributed by atoms with Crippen LogP contribution in [0.1, 0.15) is 45.6 Å². The third kappa shape index (κ3) is 5.56. The molecule has 0 bridgehead atoms. The zero-order valence-electron chi connectivity index (χ0n) is 14.9. The first kappa shape index (κ1) is 18.9. The molecule has 24 heavy (non-hydrogen) atoms. The van der Waals surface area contributed by atoms with Gasteiger partial charge < -0.3 is 10.4 Å². The van der Waals surface area contributed by atoms with E-state index in [1.807, 2.05) is 13.8 Å². The number of amides is 1. The molecule has 5 heteroatoms. The largest absolute Gasteiger partial charge is 0.393 e. The number of carbonyl (C=O) groups is 1. The van der Waals surface area contributed by atoms with Crippen LogP contribution in [0, 0.1) is 11.2 Å². The number of hydrogen-bond donors (Lipinski definition) is 2. The van der Waals surface area contributed by atoms with Gasteiger partial charge in [-0.2, -0.15) is 0 Å². The van der Waals surface area contributed by atoms with Gasteiger partial charge in [0.25, 0.3) is 0 Å². The average molecular weight is 336 g/mol. The van der Waals surface area contributed by atoms with E-state index < -0.39 is 0 Å². The van der Waals surface area contributed by atoms with Crippen LogP contribution in [0.3, 0.4) is 0 Å². The molecule has 1 aromatic rings. The molecule has 1 heterocycles. The number of benzene rings is 1. The predicted molar refractivity (Wildman–Crippen MR) is 92.9 cm³/mol. The van der Waals surface area contributed by atoms with Gasteiger partial charge in [-0.3, -0.25) is 9.69 Å². The molecule has 0 radical (unpaired) electrons. The second kappa shape index (κ2) is 8.08. The quantitative estimate of drug-likeness (QED) is 0.805. The van der Waals surface area contributed by atoms with Crippen LogP contribution < -0.4 is 5.32 Å². The number of aliphatic hydroxyl groups excluding tert-OH is 1. The molecule has 0 saturated carbocycles. The first-order chi connectivity index (χ1) is 11.3. The number of nitrogens with zero attached hydrogens (tertiary/aromatic N) is 1. The van der Waals surface area contributed by atoms with Crippen LogP contribution in [-0.2, 0) is 11.3 Å². The summed E-state index contributed by atoms with van der Waals surface area (Å²) in [5, 5.41) is 12.6. The van der Waals surface area contributed by atoms with Crippen molar-refractivity contribution in [3.63, 3.8) is 0 Å². The van der Waals surface area contributed by atoms with Gasteiger partial charge in [-0.1, -0.05) is 26.0 Å². The van der Waals surface area contributed by atoms with Crippen molar-refractivity contribution >= 4 is 5.91 Å². The Hall–Kier alpha value is -1.46. The SMILES string of the molecule is CC(O)CC(C)(C)CNC(=O)C1CCCN1Cc1ccc(F)cc1. The van der Waals surface area contributed by atoms with Gasteiger partial charge in [-0.15, -0.1) is 0 Å². The Morgan fingerprint density at radius 2 is 2.08 bits per heavy atom. The van der Waals surface area contributed by atoms with Gasteiger partial charge >= 0.3 is 0 Å². The van der Waals surface area contributed by atoms with Crippen molar-refractivity contribution in [2.75, 3.05) is 13.1 Å². The van der Waals surface area contributed by atoms with Crippen molar-refractivity contribution in [3.8, 4) is 0 Å².